The van der Waals surface area contributed by atoms with Crippen molar-refractivity contribution in [2.45, 2.75) is 18.8 Å². The largest absolute Gasteiger partial charge is 0.386 e. The molecule has 1 aliphatic carbocycles. The van der Waals surface area contributed by atoms with Gasteiger partial charge in [-0.3, -0.25) is 0 Å². The lowest BCUT2D eigenvalue weighted by Crippen LogP contribution is -2.12. The van der Waals surface area contributed by atoms with Crippen LogP contribution >= 0.6 is 11.6 Å². The molecule has 0 atom stereocenters. The number of rotatable bonds is 3. The summed E-state index contributed by atoms with van der Waals surface area (Å²) in [6, 6.07) is 4.81. The number of amidine groups is 1. The van der Waals surface area contributed by atoms with E-state index in [1.807, 2.05) is 0 Å². The summed E-state index contributed by atoms with van der Waals surface area (Å²) in [7, 11) is 0. The summed E-state index contributed by atoms with van der Waals surface area (Å²) < 4.78 is 13.4. The van der Waals surface area contributed by atoms with E-state index in [1.54, 1.807) is 12.1 Å². The van der Waals surface area contributed by atoms with Crippen LogP contribution in [0, 0.1) is 5.82 Å². The molecule has 0 radical (unpaired) electrons. The lowest BCUT2D eigenvalue weighted by Gasteiger charge is -2.02. The molecule has 1 aromatic rings. The fourth-order valence-electron chi connectivity index (χ4n) is 1.50. The Hall–Kier alpha value is -1.09. The van der Waals surface area contributed by atoms with E-state index in [0.29, 0.717) is 17.4 Å². The van der Waals surface area contributed by atoms with Crippen LogP contribution in [-0.4, -0.2) is 11.7 Å². The molecule has 15 heavy (non-hydrogen) atoms. The molecule has 0 spiro atoms. The van der Waals surface area contributed by atoms with Gasteiger partial charge in [0.2, 0.25) is 0 Å². The molecular weight excluding hydrogens is 215 g/mol. The van der Waals surface area contributed by atoms with Crippen molar-refractivity contribution in [3.63, 3.8) is 0 Å². The zero-order valence-electron chi connectivity index (χ0n) is 8.21. The van der Waals surface area contributed by atoms with E-state index in [9.17, 15) is 4.39 Å². The Kier molecular flexibility index (Phi) is 2.91. The molecule has 0 bridgehead atoms. The summed E-state index contributed by atoms with van der Waals surface area (Å²) in [5, 5.41) is 0. The maximum absolute atomic E-state index is 13.4. The lowest BCUT2D eigenvalue weighted by atomic mass is 10.1. The van der Waals surface area contributed by atoms with Crippen LogP contribution in [0.3, 0.4) is 0 Å². The minimum Gasteiger partial charge on any atom is -0.386 e. The second kappa shape index (κ2) is 4.19. The van der Waals surface area contributed by atoms with Crippen molar-refractivity contribution >= 4 is 23.1 Å². The maximum atomic E-state index is 13.4. The Morgan fingerprint density at radius 3 is 2.87 bits per heavy atom. The molecule has 80 valence electrons. The molecule has 0 unspecified atom stereocenters. The van der Waals surface area contributed by atoms with Gasteiger partial charge in [0, 0.05) is 0 Å². The number of hydrogen-bond acceptors (Lipinski definition) is 1. The van der Waals surface area contributed by atoms with Gasteiger partial charge in [0.05, 0.1) is 11.6 Å². The highest BCUT2D eigenvalue weighted by Gasteiger charge is 2.26. The predicted octanol–water partition coefficient (Wildman–Crippen LogP) is 2.93. The third kappa shape index (κ3) is 2.48. The van der Waals surface area contributed by atoms with Gasteiger partial charge in [0.1, 0.15) is 11.7 Å². The third-order valence-corrected chi connectivity index (χ3v) is 2.68. The second-order valence-corrected chi connectivity index (χ2v) is 3.98. The number of benzene rings is 1. The van der Waals surface area contributed by atoms with E-state index in [2.05, 4.69) is 4.99 Å². The molecule has 0 saturated heterocycles. The fraction of sp³-hybridized carbons (Fsp3) is 0.364. The number of nitrogens with zero attached hydrogens (tertiary/aromatic N) is 1. The first-order valence-corrected chi connectivity index (χ1v) is 5.42. The molecule has 0 heterocycles. The van der Waals surface area contributed by atoms with E-state index >= 15 is 0 Å². The van der Waals surface area contributed by atoms with Crippen LogP contribution in [0.2, 0.25) is 0 Å². The fourth-order valence-corrected chi connectivity index (χ4v) is 1.56. The minimum absolute atomic E-state index is 0.152. The SMILES string of the molecule is NC(CCl)=Nc1ccc(F)c(C2CC2)c1. The van der Waals surface area contributed by atoms with Gasteiger partial charge in [0.25, 0.3) is 0 Å². The lowest BCUT2D eigenvalue weighted by molar-refractivity contribution is 0.611. The highest BCUT2D eigenvalue weighted by atomic mass is 35.5. The Bertz CT molecular complexity index is 400. The second-order valence-electron chi connectivity index (χ2n) is 3.72. The first-order valence-electron chi connectivity index (χ1n) is 4.89. The molecule has 1 saturated carbocycles. The van der Waals surface area contributed by atoms with Gasteiger partial charge in [-0.15, -0.1) is 11.6 Å². The smallest absolute Gasteiger partial charge is 0.126 e. The quantitative estimate of drug-likeness (QED) is 0.480. The topological polar surface area (TPSA) is 38.4 Å². The van der Waals surface area contributed by atoms with Gasteiger partial charge in [-0.2, -0.15) is 0 Å². The monoisotopic (exact) mass is 226 g/mol. The number of aliphatic imine (C=N–C) groups is 1. The molecule has 2 nitrogen and oxygen atoms in total. The van der Waals surface area contributed by atoms with Crippen LogP contribution in [0.25, 0.3) is 0 Å². The predicted molar refractivity (Wildman–Crippen MR) is 60.4 cm³/mol. The van der Waals surface area contributed by atoms with Crippen LogP contribution < -0.4 is 5.73 Å². The van der Waals surface area contributed by atoms with Crippen molar-refractivity contribution in [3.8, 4) is 0 Å². The van der Waals surface area contributed by atoms with Gasteiger partial charge in [-0.1, -0.05) is 0 Å². The van der Waals surface area contributed by atoms with E-state index in [-0.39, 0.29) is 11.7 Å². The molecule has 4 heteroatoms. The third-order valence-electron chi connectivity index (χ3n) is 2.41. The standard InChI is InChI=1S/C11H12ClFN2/c12-6-11(14)15-8-3-4-10(13)9(5-8)7-1-2-7/h3-5,7H,1-2,6H2,(H2,14,15). The summed E-state index contributed by atoms with van der Waals surface area (Å²) in [5.41, 5.74) is 6.94. The average Bonchev–Trinajstić information content (AvgIpc) is 3.04. The normalized spacial score (nSPS) is 16.8. The van der Waals surface area contributed by atoms with Crippen molar-refractivity contribution in [2.75, 3.05) is 5.88 Å². The number of hydrogen-bond donors (Lipinski definition) is 1. The van der Waals surface area contributed by atoms with Crippen molar-refractivity contribution in [1.82, 2.24) is 0 Å². The van der Waals surface area contributed by atoms with Gasteiger partial charge in [0.15, 0.2) is 0 Å². The van der Waals surface area contributed by atoms with Crippen molar-refractivity contribution in [1.29, 1.82) is 0 Å². The van der Waals surface area contributed by atoms with E-state index in [0.717, 1.165) is 18.4 Å². The Morgan fingerprint density at radius 2 is 2.27 bits per heavy atom. The Labute approximate surface area is 93.0 Å². The van der Waals surface area contributed by atoms with Gasteiger partial charge < -0.3 is 5.73 Å². The Balaban J connectivity index is 2.29. The first-order chi connectivity index (χ1) is 7.20. The summed E-state index contributed by atoms with van der Waals surface area (Å²) in [6.45, 7) is 0. The molecule has 0 aromatic heterocycles. The van der Waals surface area contributed by atoms with Crippen LogP contribution in [-0.2, 0) is 0 Å². The zero-order valence-corrected chi connectivity index (χ0v) is 8.97. The average molecular weight is 227 g/mol. The van der Waals surface area contributed by atoms with E-state index < -0.39 is 0 Å². The van der Waals surface area contributed by atoms with Crippen LogP contribution in [0.5, 0.6) is 0 Å². The van der Waals surface area contributed by atoms with Crippen LogP contribution in [0.1, 0.15) is 24.3 Å². The molecule has 1 fully saturated rings. The highest BCUT2D eigenvalue weighted by molar-refractivity contribution is 6.28. The first kappa shape index (κ1) is 10.4. The van der Waals surface area contributed by atoms with Gasteiger partial charge in [-0.05, 0) is 42.5 Å². The maximum Gasteiger partial charge on any atom is 0.126 e. The van der Waals surface area contributed by atoms with E-state index in [1.165, 1.54) is 6.07 Å². The van der Waals surface area contributed by atoms with E-state index in [4.69, 9.17) is 17.3 Å². The van der Waals surface area contributed by atoms with Crippen LogP contribution in [0.15, 0.2) is 23.2 Å². The van der Waals surface area contributed by atoms with Crippen molar-refractivity contribution in [3.05, 3.63) is 29.6 Å². The zero-order chi connectivity index (χ0) is 10.8. The summed E-state index contributed by atoms with van der Waals surface area (Å²) in [6.07, 6.45) is 2.13. The highest BCUT2D eigenvalue weighted by Crippen LogP contribution is 2.42. The Morgan fingerprint density at radius 1 is 1.53 bits per heavy atom. The minimum atomic E-state index is -0.152. The molecule has 2 rings (SSSR count). The summed E-state index contributed by atoms with van der Waals surface area (Å²) in [5.74, 6) is 0.763. The van der Waals surface area contributed by atoms with Crippen molar-refractivity contribution in [2.24, 2.45) is 10.7 Å². The molecule has 1 aromatic carbocycles. The molecule has 0 aliphatic heterocycles. The molecule has 1 aliphatic rings. The molecular formula is C11H12ClFN2. The van der Waals surface area contributed by atoms with Gasteiger partial charge in [-0.25, -0.2) is 9.38 Å². The van der Waals surface area contributed by atoms with Gasteiger partial charge >= 0.3 is 0 Å². The van der Waals surface area contributed by atoms with Crippen molar-refractivity contribution < 1.29 is 4.39 Å². The molecule has 2 N–H and O–H groups in total. The van der Waals surface area contributed by atoms with Crippen LogP contribution in [0.4, 0.5) is 10.1 Å². The summed E-state index contributed by atoms with van der Waals surface area (Å²) >= 11 is 5.52. The number of halogens is 2. The number of alkyl halides is 1. The summed E-state index contributed by atoms with van der Waals surface area (Å²) in [4.78, 5) is 4.09. The molecule has 0 amide bonds. The number of nitrogens with two attached hydrogens (primary N) is 1.